The molecule has 250 valence electrons. The largest absolute Gasteiger partial charge is 0.462 e. The number of hydrogen-bond acceptors (Lipinski definition) is 8. The minimum Gasteiger partial charge on any atom is -0.462 e. The van der Waals surface area contributed by atoms with Gasteiger partial charge in [-0.05, 0) is 63.8 Å². The van der Waals surface area contributed by atoms with Crippen LogP contribution in [0.15, 0.2) is 30.9 Å². The van der Waals surface area contributed by atoms with Gasteiger partial charge in [0.1, 0.15) is 17.9 Å². The summed E-state index contributed by atoms with van der Waals surface area (Å²) in [6, 6.07) is 1.55. The highest BCUT2D eigenvalue weighted by Crippen LogP contribution is 2.40. The van der Waals surface area contributed by atoms with Gasteiger partial charge in [-0.2, -0.15) is 15.1 Å². The summed E-state index contributed by atoms with van der Waals surface area (Å²) in [5.74, 6) is 0.120. The predicted octanol–water partition coefficient (Wildman–Crippen LogP) is 3.92. The number of rotatable bonds is 9. The zero-order valence-corrected chi connectivity index (χ0v) is 28.4. The third kappa shape index (κ3) is 6.53. The van der Waals surface area contributed by atoms with Crippen molar-refractivity contribution < 1.29 is 18.7 Å². The number of fused-ring (bicyclic) bond motifs is 1. The molecule has 1 aromatic carbocycles. The average Bonchev–Trinajstić information content (AvgIpc) is 3.82. The van der Waals surface area contributed by atoms with Gasteiger partial charge in [0.25, 0.3) is 0 Å². The molecule has 0 unspecified atom stereocenters. The molecule has 3 aliphatic rings. The smallest absolute Gasteiger partial charge is 0.319 e. The Hall–Kier alpha value is -3.80. The van der Waals surface area contributed by atoms with E-state index < -0.39 is 5.82 Å². The Kier molecular flexibility index (Phi) is 9.68. The first kappa shape index (κ1) is 33.1. The molecule has 3 fully saturated rings. The van der Waals surface area contributed by atoms with Gasteiger partial charge in [0.15, 0.2) is 5.82 Å². The Morgan fingerprint density at radius 1 is 1.21 bits per heavy atom. The monoisotopic (exact) mass is 663 g/mol. The number of carbonyl (C=O) groups excluding carboxylic acids is 1. The molecule has 0 bridgehead atoms. The van der Waals surface area contributed by atoms with E-state index in [9.17, 15) is 4.79 Å². The van der Waals surface area contributed by atoms with Crippen molar-refractivity contribution in [3.63, 3.8) is 0 Å². The number of piperazine rings is 1. The number of benzene rings is 1. The van der Waals surface area contributed by atoms with Crippen molar-refractivity contribution in [2.24, 2.45) is 0 Å². The maximum Gasteiger partial charge on any atom is 0.319 e. The number of hydrogen-bond donors (Lipinski definition) is 1. The highest BCUT2D eigenvalue weighted by Gasteiger charge is 2.35. The summed E-state index contributed by atoms with van der Waals surface area (Å²) in [5, 5.41) is 10.1. The molecular formula is C35H43ClFN7O3. The minimum atomic E-state index is -0.571. The van der Waals surface area contributed by atoms with E-state index in [-0.39, 0.29) is 40.1 Å². The van der Waals surface area contributed by atoms with Crippen molar-refractivity contribution in [2.45, 2.75) is 58.5 Å². The van der Waals surface area contributed by atoms with E-state index in [0.717, 1.165) is 42.2 Å². The number of nitrogens with zero attached hydrogens (tertiary/aromatic N) is 6. The van der Waals surface area contributed by atoms with Crippen molar-refractivity contribution in [1.29, 1.82) is 0 Å². The summed E-state index contributed by atoms with van der Waals surface area (Å²) in [5.41, 5.74) is 2.50. The molecule has 1 N–H and O–H groups in total. The zero-order valence-electron chi connectivity index (χ0n) is 27.6. The number of carbonyl (C=O) groups is 1. The second-order valence-electron chi connectivity index (χ2n) is 12.7. The third-order valence-corrected chi connectivity index (χ3v) is 9.60. The summed E-state index contributed by atoms with van der Waals surface area (Å²) in [6.45, 7) is 20.6. The van der Waals surface area contributed by atoms with Crippen LogP contribution in [0.5, 0.6) is 6.01 Å². The molecule has 1 amide bonds. The standard InChI is InChI=1S/C35H43ClFN7O3/c1-7-26-30(32(41-40-26)23-9-10-23)28(20(3)4)29-25(36)17-24-33(31(29)37)38-35(47-16-13-42-11-14-46-15-12-42)39-34(24)44-19-21(5)43(18-22(44)6)27(45)8-2/h7-8,17,21-23,40H,2-3,9-16,18-19H2,1,4-6H3/b26-7+,30-28-/t21-,22+/m1/s1. The van der Waals surface area contributed by atoms with Gasteiger partial charge in [-0.15, -0.1) is 0 Å². The number of halogens is 2. The Balaban J connectivity index is 1.51. The molecule has 3 aromatic rings. The zero-order chi connectivity index (χ0) is 33.4. The van der Waals surface area contributed by atoms with Gasteiger partial charge >= 0.3 is 6.01 Å². The molecule has 2 aromatic heterocycles. The van der Waals surface area contributed by atoms with Gasteiger partial charge in [0, 0.05) is 66.9 Å². The Morgan fingerprint density at radius 2 is 1.96 bits per heavy atom. The van der Waals surface area contributed by atoms with Crippen LogP contribution in [0, 0.1) is 5.82 Å². The summed E-state index contributed by atoms with van der Waals surface area (Å²) in [6.07, 6.45) is 5.33. The lowest BCUT2D eigenvalue weighted by Gasteiger charge is -2.44. The number of ether oxygens (including phenoxy) is 2. The van der Waals surface area contributed by atoms with Crippen LogP contribution in [0.25, 0.3) is 22.6 Å². The quantitative estimate of drug-likeness (QED) is 0.344. The lowest BCUT2D eigenvalue weighted by molar-refractivity contribution is -0.128. The summed E-state index contributed by atoms with van der Waals surface area (Å²) >= 11 is 7.05. The van der Waals surface area contributed by atoms with Crippen LogP contribution >= 0.6 is 11.6 Å². The SMILES string of the molecule is C=CC(=O)N1C[C@H](C)N(c2nc(OCCN3CCOCC3)nc3c(F)c(/C(C(=C)C)=c4\c(C5CC5)n[nH]\c4=C\C)c(Cl)cc23)C[C@H]1C. The highest BCUT2D eigenvalue weighted by atomic mass is 35.5. The maximum absolute atomic E-state index is 17.2. The molecule has 0 radical (unpaired) electrons. The Bertz CT molecular complexity index is 1830. The fourth-order valence-corrected chi connectivity index (χ4v) is 6.94. The molecule has 4 heterocycles. The van der Waals surface area contributed by atoms with E-state index in [0.29, 0.717) is 67.7 Å². The molecule has 0 spiro atoms. The summed E-state index contributed by atoms with van der Waals surface area (Å²) in [4.78, 5) is 28.2. The second-order valence-corrected chi connectivity index (χ2v) is 13.1. The van der Waals surface area contributed by atoms with Gasteiger partial charge in [-0.3, -0.25) is 14.8 Å². The van der Waals surface area contributed by atoms with Crippen LogP contribution in [0.1, 0.15) is 57.7 Å². The van der Waals surface area contributed by atoms with Crippen LogP contribution in [-0.4, -0.2) is 101 Å². The molecule has 6 rings (SSSR count). The molecular weight excluding hydrogens is 621 g/mol. The van der Waals surface area contributed by atoms with E-state index >= 15 is 4.39 Å². The Morgan fingerprint density at radius 3 is 2.62 bits per heavy atom. The number of nitrogens with one attached hydrogen (secondary N) is 1. The minimum absolute atomic E-state index is 0.0822. The number of H-pyrrole nitrogens is 1. The fourth-order valence-electron chi connectivity index (χ4n) is 6.66. The number of aromatic nitrogens is 4. The average molecular weight is 664 g/mol. The first-order valence-electron chi connectivity index (χ1n) is 16.4. The number of aromatic amines is 1. The van der Waals surface area contributed by atoms with Crippen LogP contribution in [0.4, 0.5) is 10.2 Å². The molecule has 47 heavy (non-hydrogen) atoms. The number of allylic oxidation sites excluding steroid dienone is 1. The molecule has 12 heteroatoms. The first-order valence-corrected chi connectivity index (χ1v) is 16.7. The molecule has 2 saturated heterocycles. The van der Waals surface area contributed by atoms with E-state index in [4.69, 9.17) is 26.1 Å². The van der Waals surface area contributed by atoms with E-state index in [1.807, 2.05) is 33.8 Å². The first-order chi connectivity index (χ1) is 22.6. The molecule has 2 atom stereocenters. The van der Waals surface area contributed by atoms with Gasteiger partial charge in [0.05, 0.1) is 29.3 Å². The summed E-state index contributed by atoms with van der Waals surface area (Å²) < 4.78 is 28.8. The lowest BCUT2D eigenvalue weighted by Crippen LogP contribution is -2.58. The van der Waals surface area contributed by atoms with Crippen molar-refractivity contribution in [1.82, 2.24) is 30.0 Å². The van der Waals surface area contributed by atoms with E-state index in [1.54, 1.807) is 11.0 Å². The number of amides is 1. The molecule has 1 saturated carbocycles. The topological polar surface area (TPSA) is 99.7 Å². The van der Waals surface area contributed by atoms with Crippen molar-refractivity contribution in [3.05, 3.63) is 63.5 Å². The van der Waals surface area contributed by atoms with Crippen LogP contribution < -0.4 is 20.2 Å². The van der Waals surface area contributed by atoms with Gasteiger partial charge in [-0.1, -0.05) is 30.8 Å². The molecule has 1 aliphatic carbocycles. The molecule has 10 nitrogen and oxygen atoms in total. The van der Waals surface area contributed by atoms with Gasteiger partial charge < -0.3 is 19.3 Å². The lowest BCUT2D eigenvalue weighted by atomic mass is 9.94. The van der Waals surface area contributed by atoms with E-state index in [1.165, 1.54) is 6.08 Å². The number of anilines is 1. The fraction of sp³-hybridized carbons (Fsp3) is 0.486. The summed E-state index contributed by atoms with van der Waals surface area (Å²) in [7, 11) is 0. The van der Waals surface area contributed by atoms with Crippen LogP contribution in [-0.2, 0) is 9.53 Å². The van der Waals surface area contributed by atoms with Crippen molar-refractivity contribution in [3.8, 4) is 6.01 Å². The molecule has 2 aliphatic heterocycles. The van der Waals surface area contributed by atoms with Crippen molar-refractivity contribution in [2.75, 3.05) is 57.4 Å². The Labute approximate surface area is 279 Å². The second kappa shape index (κ2) is 13.7. The van der Waals surface area contributed by atoms with Crippen LogP contribution in [0.2, 0.25) is 5.02 Å². The van der Waals surface area contributed by atoms with Gasteiger partial charge in [-0.25, -0.2) is 4.39 Å². The highest BCUT2D eigenvalue weighted by molar-refractivity contribution is 6.33. The van der Waals surface area contributed by atoms with Crippen molar-refractivity contribution >= 4 is 45.9 Å². The van der Waals surface area contributed by atoms with E-state index in [2.05, 4.69) is 38.1 Å². The van der Waals surface area contributed by atoms with Gasteiger partial charge in [0.2, 0.25) is 5.91 Å². The number of morpholine rings is 1. The predicted molar refractivity (Wildman–Crippen MR) is 183 cm³/mol. The maximum atomic E-state index is 17.2. The third-order valence-electron chi connectivity index (χ3n) is 9.30. The van der Waals surface area contributed by atoms with Crippen LogP contribution in [0.3, 0.4) is 0 Å². The normalized spacial score (nSPS) is 21.7.